The maximum atomic E-state index is 12.7. The molecule has 0 aromatic carbocycles. The second kappa shape index (κ2) is 4.69. The van der Waals surface area contributed by atoms with E-state index in [-0.39, 0.29) is 11.1 Å². The number of carbonyl (C=O) groups excluding carboxylic acids is 1. The van der Waals surface area contributed by atoms with E-state index in [4.69, 9.17) is 0 Å². The van der Waals surface area contributed by atoms with Crippen molar-refractivity contribution in [3.63, 3.8) is 0 Å². The maximum absolute atomic E-state index is 12.7. The van der Waals surface area contributed by atoms with Crippen LogP contribution in [0.4, 0.5) is 13.2 Å². The Morgan fingerprint density at radius 3 is 1.89 bits per heavy atom. The number of aromatic nitrogens is 1. The Balaban J connectivity index is 3.46. The predicted octanol–water partition coefficient (Wildman–Crippen LogP) is 4.20. The summed E-state index contributed by atoms with van der Waals surface area (Å²) >= 11 is 0. The van der Waals surface area contributed by atoms with Gasteiger partial charge in [0.05, 0.1) is 5.69 Å². The number of alkyl halides is 3. The number of halogens is 3. The lowest BCUT2D eigenvalue weighted by atomic mass is 9.96. The van der Waals surface area contributed by atoms with Gasteiger partial charge in [-0.1, -0.05) is 20.8 Å². The first-order valence-electron chi connectivity index (χ1n) is 6.14. The third-order valence-electron chi connectivity index (χ3n) is 3.24. The van der Waals surface area contributed by atoms with Crippen LogP contribution in [0.15, 0.2) is 0 Å². The molecule has 0 aliphatic carbocycles. The molecule has 0 saturated heterocycles. The van der Waals surface area contributed by atoms with E-state index in [2.05, 4.69) is 0 Å². The minimum Gasteiger partial charge on any atom is -0.341 e. The number of carbonyl (C=O) groups is 1. The van der Waals surface area contributed by atoms with Crippen LogP contribution in [0.5, 0.6) is 0 Å². The van der Waals surface area contributed by atoms with Crippen molar-refractivity contribution in [1.82, 2.24) is 4.57 Å². The number of rotatable bonds is 2. The van der Waals surface area contributed by atoms with Gasteiger partial charge in [-0.05, 0) is 37.3 Å². The van der Waals surface area contributed by atoms with Gasteiger partial charge in [0.2, 0.25) is 0 Å². The van der Waals surface area contributed by atoms with Crippen molar-refractivity contribution in [2.24, 2.45) is 5.41 Å². The molecule has 0 fully saturated rings. The molecule has 1 aromatic heterocycles. The van der Waals surface area contributed by atoms with Crippen LogP contribution in [0, 0.1) is 26.2 Å². The Morgan fingerprint density at radius 2 is 1.53 bits per heavy atom. The molecular weight excluding hydrogens is 255 g/mol. The molecule has 0 radical (unpaired) electrons. The highest BCUT2D eigenvalue weighted by Gasteiger charge is 2.42. The molecule has 0 spiro atoms. The number of Topliss-reactive ketones (excluding diaryl/α,β-unsaturated/α-hetero) is 1. The van der Waals surface area contributed by atoms with Crippen molar-refractivity contribution >= 4 is 5.78 Å². The fourth-order valence-electron chi connectivity index (χ4n) is 2.12. The van der Waals surface area contributed by atoms with E-state index in [0.717, 1.165) is 11.3 Å². The topological polar surface area (TPSA) is 22.0 Å². The SMILES string of the molecule is Cc1c(C)c(C(=O)C(F)(F)F)n(CC(C)(C)C)c1C. The molecule has 1 heterocycles. The summed E-state index contributed by atoms with van der Waals surface area (Å²) in [6, 6.07) is 0. The Morgan fingerprint density at radius 1 is 1.05 bits per heavy atom. The number of hydrogen-bond donors (Lipinski definition) is 0. The van der Waals surface area contributed by atoms with Gasteiger partial charge >= 0.3 is 6.18 Å². The summed E-state index contributed by atoms with van der Waals surface area (Å²) < 4.78 is 39.6. The summed E-state index contributed by atoms with van der Waals surface area (Å²) in [5, 5.41) is 0. The van der Waals surface area contributed by atoms with Crippen LogP contribution >= 0.6 is 0 Å². The van der Waals surface area contributed by atoms with Crippen LogP contribution in [0.2, 0.25) is 0 Å². The van der Waals surface area contributed by atoms with E-state index in [1.54, 1.807) is 20.8 Å². The molecule has 0 atom stereocenters. The minimum atomic E-state index is -4.84. The zero-order chi connectivity index (χ0) is 15.2. The van der Waals surface area contributed by atoms with E-state index in [0.29, 0.717) is 12.1 Å². The van der Waals surface area contributed by atoms with E-state index in [9.17, 15) is 18.0 Å². The highest BCUT2D eigenvalue weighted by molar-refractivity contribution is 6.00. The fraction of sp³-hybridized carbons (Fsp3) is 0.643. The highest BCUT2D eigenvalue weighted by Crippen LogP contribution is 2.30. The quantitative estimate of drug-likeness (QED) is 0.741. The van der Waals surface area contributed by atoms with Crippen LogP contribution < -0.4 is 0 Å². The third kappa shape index (κ3) is 3.19. The van der Waals surface area contributed by atoms with Gasteiger partial charge in [0.15, 0.2) is 0 Å². The highest BCUT2D eigenvalue weighted by atomic mass is 19.4. The van der Waals surface area contributed by atoms with E-state index < -0.39 is 12.0 Å². The molecule has 0 amide bonds. The molecule has 0 N–H and O–H groups in total. The summed E-state index contributed by atoms with van der Waals surface area (Å²) in [4.78, 5) is 11.6. The first kappa shape index (κ1) is 15.8. The van der Waals surface area contributed by atoms with E-state index >= 15 is 0 Å². The maximum Gasteiger partial charge on any atom is 0.456 e. The Labute approximate surface area is 111 Å². The largest absolute Gasteiger partial charge is 0.456 e. The molecular formula is C14H20F3NO. The second-order valence-corrected chi connectivity index (χ2v) is 6.16. The van der Waals surface area contributed by atoms with Crippen molar-refractivity contribution in [2.45, 2.75) is 54.3 Å². The molecule has 1 rings (SSSR count). The zero-order valence-corrected chi connectivity index (χ0v) is 12.2. The van der Waals surface area contributed by atoms with Crippen LogP contribution in [0.1, 0.15) is 48.1 Å². The number of ketones is 1. The lowest BCUT2D eigenvalue weighted by Gasteiger charge is -2.23. The molecule has 2 nitrogen and oxygen atoms in total. The van der Waals surface area contributed by atoms with Crippen molar-refractivity contribution in [1.29, 1.82) is 0 Å². The molecule has 0 bridgehead atoms. The standard InChI is InChI=1S/C14H20F3NO/c1-8-9(2)11(12(19)14(15,16)17)18(10(8)3)7-13(4,5)6/h7H2,1-6H3. The van der Waals surface area contributed by atoms with Crippen LogP contribution in [-0.2, 0) is 6.54 Å². The van der Waals surface area contributed by atoms with Gasteiger partial charge in [-0.3, -0.25) is 4.79 Å². The van der Waals surface area contributed by atoms with Gasteiger partial charge in [-0.2, -0.15) is 13.2 Å². The van der Waals surface area contributed by atoms with Crippen molar-refractivity contribution < 1.29 is 18.0 Å². The summed E-state index contributed by atoms with van der Waals surface area (Å²) in [5.74, 6) is -1.76. The summed E-state index contributed by atoms with van der Waals surface area (Å²) in [5.41, 5.74) is 1.46. The zero-order valence-electron chi connectivity index (χ0n) is 12.2. The first-order chi connectivity index (χ1) is 8.36. The monoisotopic (exact) mass is 275 g/mol. The Kier molecular flexibility index (Phi) is 3.90. The van der Waals surface area contributed by atoms with E-state index in [1.807, 2.05) is 20.8 Å². The first-order valence-corrected chi connectivity index (χ1v) is 6.14. The number of nitrogens with zero attached hydrogens (tertiary/aromatic N) is 1. The molecule has 19 heavy (non-hydrogen) atoms. The molecule has 5 heteroatoms. The van der Waals surface area contributed by atoms with Crippen LogP contribution in [0.3, 0.4) is 0 Å². The van der Waals surface area contributed by atoms with Gasteiger partial charge in [-0.25, -0.2) is 0 Å². The molecule has 0 saturated carbocycles. The van der Waals surface area contributed by atoms with Gasteiger partial charge in [0.1, 0.15) is 0 Å². The van der Waals surface area contributed by atoms with E-state index in [1.165, 1.54) is 4.57 Å². The predicted molar refractivity (Wildman–Crippen MR) is 68.5 cm³/mol. The summed E-state index contributed by atoms with van der Waals surface area (Å²) in [6.07, 6.45) is -4.84. The molecule has 108 valence electrons. The fourth-order valence-corrected chi connectivity index (χ4v) is 2.12. The minimum absolute atomic E-state index is 0.205. The van der Waals surface area contributed by atoms with Crippen molar-refractivity contribution in [3.05, 3.63) is 22.5 Å². The van der Waals surface area contributed by atoms with Crippen molar-refractivity contribution in [3.8, 4) is 0 Å². The lowest BCUT2D eigenvalue weighted by molar-refractivity contribution is -0.0891. The third-order valence-corrected chi connectivity index (χ3v) is 3.24. The molecule has 0 aliphatic heterocycles. The second-order valence-electron chi connectivity index (χ2n) is 6.16. The van der Waals surface area contributed by atoms with Gasteiger partial charge in [0.25, 0.3) is 5.78 Å². The normalized spacial score (nSPS) is 12.9. The molecule has 1 aromatic rings. The van der Waals surface area contributed by atoms with Gasteiger partial charge in [0, 0.05) is 12.2 Å². The summed E-state index contributed by atoms with van der Waals surface area (Å²) in [7, 11) is 0. The molecule has 0 unspecified atom stereocenters. The Hall–Kier alpha value is -1.26. The lowest BCUT2D eigenvalue weighted by Crippen LogP contribution is -2.28. The smallest absolute Gasteiger partial charge is 0.341 e. The number of hydrogen-bond acceptors (Lipinski definition) is 1. The van der Waals surface area contributed by atoms with Gasteiger partial charge in [-0.15, -0.1) is 0 Å². The summed E-state index contributed by atoms with van der Waals surface area (Å²) in [6.45, 7) is 11.2. The molecule has 0 aliphatic rings. The van der Waals surface area contributed by atoms with Crippen LogP contribution in [0.25, 0.3) is 0 Å². The van der Waals surface area contributed by atoms with Crippen molar-refractivity contribution in [2.75, 3.05) is 0 Å². The average molecular weight is 275 g/mol. The Bertz CT molecular complexity index is 504. The average Bonchev–Trinajstić information content (AvgIpc) is 2.39. The van der Waals surface area contributed by atoms with Gasteiger partial charge < -0.3 is 4.57 Å². The van der Waals surface area contributed by atoms with Crippen LogP contribution in [-0.4, -0.2) is 16.5 Å².